The molecule has 5 aromatic rings. The van der Waals surface area contributed by atoms with Gasteiger partial charge in [-0.1, -0.05) is 62.4 Å². The lowest BCUT2D eigenvalue weighted by Gasteiger charge is -2.24. The number of carbonyl (C=O) groups is 2. The summed E-state index contributed by atoms with van der Waals surface area (Å²) >= 11 is 0. The SMILES string of the molecule is CNC(=O)c1c(-c2ccc(F)cc2)oc2ncc(-c3cccc(C(=O)CC(C)(C)c4ccccc4)c3)cc12. The van der Waals surface area contributed by atoms with Crippen molar-refractivity contribution in [1.29, 1.82) is 0 Å². The first-order chi connectivity index (χ1) is 18.3. The average Bonchev–Trinajstić information content (AvgIpc) is 3.32. The van der Waals surface area contributed by atoms with Crippen LogP contribution in [0, 0.1) is 5.82 Å². The Morgan fingerprint density at radius 2 is 1.63 bits per heavy atom. The highest BCUT2D eigenvalue weighted by Crippen LogP contribution is 2.35. The van der Waals surface area contributed by atoms with E-state index in [4.69, 9.17) is 4.42 Å². The Kier molecular flexibility index (Phi) is 6.64. The van der Waals surface area contributed by atoms with E-state index in [1.165, 1.54) is 12.1 Å². The summed E-state index contributed by atoms with van der Waals surface area (Å²) in [4.78, 5) is 30.6. The molecular weight excluding hydrogens is 479 g/mol. The van der Waals surface area contributed by atoms with Gasteiger partial charge in [-0.15, -0.1) is 0 Å². The Hall–Kier alpha value is -4.58. The zero-order chi connectivity index (χ0) is 26.9. The molecule has 0 saturated carbocycles. The summed E-state index contributed by atoms with van der Waals surface area (Å²) in [5, 5.41) is 3.18. The Labute approximate surface area is 220 Å². The van der Waals surface area contributed by atoms with Crippen molar-refractivity contribution in [3.8, 4) is 22.5 Å². The molecule has 1 N–H and O–H groups in total. The molecule has 0 bridgehead atoms. The Balaban J connectivity index is 1.52. The summed E-state index contributed by atoms with van der Waals surface area (Å²) in [6, 6.07) is 25.0. The molecule has 6 heteroatoms. The fraction of sp³-hybridized carbons (Fsp3) is 0.156. The van der Waals surface area contributed by atoms with Crippen LogP contribution in [-0.4, -0.2) is 23.7 Å². The summed E-state index contributed by atoms with van der Waals surface area (Å²) in [7, 11) is 1.54. The second-order valence-electron chi connectivity index (χ2n) is 9.90. The summed E-state index contributed by atoms with van der Waals surface area (Å²) in [5.74, 6) is -0.360. The van der Waals surface area contributed by atoms with Crippen molar-refractivity contribution in [1.82, 2.24) is 10.3 Å². The minimum absolute atomic E-state index is 0.0442. The van der Waals surface area contributed by atoms with Crippen molar-refractivity contribution in [2.45, 2.75) is 25.7 Å². The molecule has 38 heavy (non-hydrogen) atoms. The van der Waals surface area contributed by atoms with Crippen molar-refractivity contribution in [2.24, 2.45) is 0 Å². The number of rotatable bonds is 7. The topological polar surface area (TPSA) is 72.2 Å². The molecule has 0 aliphatic heterocycles. The minimum Gasteiger partial charge on any atom is -0.437 e. The van der Waals surface area contributed by atoms with Gasteiger partial charge in [-0.05, 0) is 52.9 Å². The van der Waals surface area contributed by atoms with E-state index in [2.05, 4.69) is 24.1 Å². The molecular formula is C32H27FN2O3. The second-order valence-corrected chi connectivity index (χ2v) is 9.90. The van der Waals surface area contributed by atoms with Crippen LogP contribution in [0.4, 0.5) is 4.39 Å². The third kappa shape index (κ3) is 4.85. The van der Waals surface area contributed by atoms with Crippen LogP contribution in [0.5, 0.6) is 0 Å². The van der Waals surface area contributed by atoms with Crippen LogP contribution < -0.4 is 5.32 Å². The number of halogens is 1. The van der Waals surface area contributed by atoms with E-state index in [1.807, 2.05) is 60.7 Å². The van der Waals surface area contributed by atoms with Crippen molar-refractivity contribution >= 4 is 22.8 Å². The van der Waals surface area contributed by atoms with Gasteiger partial charge in [0.2, 0.25) is 5.71 Å². The smallest absolute Gasteiger partial charge is 0.255 e. The van der Waals surface area contributed by atoms with E-state index in [0.29, 0.717) is 40.0 Å². The summed E-state index contributed by atoms with van der Waals surface area (Å²) < 4.78 is 19.4. The van der Waals surface area contributed by atoms with Crippen molar-refractivity contribution in [3.05, 3.63) is 114 Å². The molecule has 0 fully saturated rings. The second kappa shape index (κ2) is 10.1. The molecule has 5 rings (SSSR count). The number of carbonyl (C=O) groups excluding carboxylic acids is 2. The van der Waals surface area contributed by atoms with Crippen molar-refractivity contribution in [2.75, 3.05) is 7.05 Å². The molecule has 1 amide bonds. The third-order valence-electron chi connectivity index (χ3n) is 6.78. The van der Waals surface area contributed by atoms with Crippen LogP contribution >= 0.6 is 0 Å². The van der Waals surface area contributed by atoms with Crippen molar-refractivity contribution in [3.63, 3.8) is 0 Å². The number of ketones is 1. The predicted molar refractivity (Wildman–Crippen MR) is 147 cm³/mol. The molecule has 0 unspecified atom stereocenters. The number of hydrogen-bond donors (Lipinski definition) is 1. The molecule has 5 nitrogen and oxygen atoms in total. The maximum absolute atomic E-state index is 13.5. The zero-order valence-electron chi connectivity index (χ0n) is 21.4. The van der Waals surface area contributed by atoms with Gasteiger partial charge in [-0.3, -0.25) is 9.59 Å². The first kappa shape index (κ1) is 25.1. The Morgan fingerprint density at radius 1 is 0.895 bits per heavy atom. The molecule has 0 atom stereocenters. The van der Waals surface area contributed by atoms with Gasteiger partial charge in [0.25, 0.3) is 5.91 Å². The van der Waals surface area contributed by atoms with Gasteiger partial charge < -0.3 is 9.73 Å². The van der Waals surface area contributed by atoms with Crippen LogP contribution in [0.2, 0.25) is 0 Å². The maximum atomic E-state index is 13.5. The van der Waals surface area contributed by atoms with Gasteiger partial charge in [-0.25, -0.2) is 9.37 Å². The minimum atomic E-state index is -0.381. The predicted octanol–water partition coefficient (Wildman–Crippen LogP) is 7.21. The lowest BCUT2D eigenvalue weighted by molar-refractivity contribution is 0.0952. The zero-order valence-corrected chi connectivity index (χ0v) is 21.4. The van der Waals surface area contributed by atoms with Crippen LogP contribution in [0.25, 0.3) is 33.6 Å². The van der Waals surface area contributed by atoms with Gasteiger partial charge in [0, 0.05) is 36.4 Å². The number of hydrogen-bond acceptors (Lipinski definition) is 4. The molecule has 0 aliphatic rings. The molecule has 2 heterocycles. The summed E-state index contributed by atoms with van der Waals surface area (Å²) in [5.41, 5.74) is 4.13. The van der Waals surface area contributed by atoms with E-state index in [-0.39, 0.29) is 22.9 Å². The molecule has 190 valence electrons. The van der Waals surface area contributed by atoms with Gasteiger partial charge in [0.1, 0.15) is 11.6 Å². The lowest BCUT2D eigenvalue weighted by Crippen LogP contribution is -2.22. The largest absolute Gasteiger partial charge is 0.437 e. The molecule has 2 aromatic heterocycles. The monoisotopic (exact) mass is 506 g/mol. The Bertz CT molecular complexity index is 1640. The number of nitrogens with zero attached hydrogens (tertiary/aromatic N) is 1. The first-order valence-corrected chi connectivity index (χ1v) is 12.4. The van der Waals surface area contributed by atoms with E-state index in [9.17, 15) is 14.0 Å². The number of benzene rings is 3. The highest BCUT2D eigenvalue weighted by Gasteiger charge is 2.26. The van der Waals surface area contributed by atoms with E-state index < -0.39 is 0 Å². The van der Waals surface area contributed by atoms with Gasteiger partial charge in [0.05, 0.1) is 10.9 Å². The van der Waals surface area contributed by atoms with Gasteiger partial charge in [0.15, 0.2) is 5.78 Å². The van der Waals surface area contributed by atoms with Crippen molar-refractivity contribution < 1.29 is 18.4 Å². The van der Waals surface area contributed by atoms with Crippen LogP contribution in [0.15, 0.2) is 95.5 Å². The summed E-state index contributed by atoms with van der Waals surface area (Å²) in [6.45, 7) is 4.14. The van der Waals surface area contributed by atoms with Crippen LogP contribution in [0.1, 0.15) is 46.5 Å². The molecule has 0 radical (unpaired) electrons. The molecule has 0 saturated heterocycles. The Morgan fingerprint density at radius 3 is 2.34 bits per heavy atom. The highest BCUT2D eigenvalue weighted by atomic mass is 19.1. The number of furan rings is 1. The highest BCUT2D eigenvalue weighted by molar-refractivity contribution is 6.11. The standard InChI is InChI=1S/C32H27FN2O3/c1-32(2,24-10-5-4-6-11-24)18-27(36)22-9-7-8-21(16-22)23-17-26-28(30(37)34-3)29(38-31(26)35-19-23)20-12-14-25(33)15-13-20/h4-17,19H,18H2,1-3H3,(H,34,37). The number of aromatic nitrogens is 1. The van der Waals surface area contributed by atoms with Crippen LogP contribution in [-0.2, 0) is 5.41 Å². The van der Waals surface area contributed by atoms with E-state index >= 15 is 0 Å². The quantitative estimate of drug-likeness (QED) is 0.237. The normalized spacial score (nSPS) is 11.5. The lowest BCUT2D eigenvalue weighted by atomic mass is 9.79. The fourth-order valence-corrected chi connectivity index (χ4v) is 4.66. The first-order valence-electron chi connectivity index (χ1n) is 12.4. The molecule has 0 spiro atoms. The van der Waals surface area contributed by atoms with E-state index in [1.54, 1.807) is 25.4 Å². The maximum Gasteiger partial charge on any atom is 0.255 e. The van der Waals surface area contributed by atoms with E-state index in [0.717, 1.165) is 16.7 Å². The molecule has 0 aliphatic carbocycles. The molecule has 3 aromatic carbocycles. The third-order valence-corrected chi connectivity index (χ3v) is 6.78. The fourth-order valence-electron chi connectivity index (χ4n) is 4.66. The number of pyridine rings is 1. The number of Topliss-reactive ketones (excluding diaryl/α,β-unsaturated/α-hetero) is 1. The van der Waals surface area contributed by atoms with Crippen LogP contribution in [0.3, 0.4) is 0 Å². The van der Waals surface area contributed by atoms with Gasteiger partial charge >= 0.3 is 0 Å². The number of nitrogens with one attached hydrogen (secondary N) is 1. The summed E-state index contributed by atoms with van der Waals surface area (Å²) in [6.07, 6.45) is 2.02. The number of amides is 1. The number of fused-ring (bicyclic) bond motifs is 1. The average molecular weight is 507 g/mol. The van der Waals surface area contributed by atoms with Gasteiger partial charge in [-0.2, -0.15) is 0 Å².